The Balaban J connectivity index is 1.89. The summed E-state index contributed by atoms with van der Waals surface area (Å²) in [5.74, 6) is -0.368. The van der Waals surface area contributed by atoms with Crippen molar-refractivity contribution in [3.05, 3.63) is 89.0 Å². The fraction of sp³-hybridized carbons (Fsp3) is 0.269. The monoisotopic (exact) mass is 482 g/mol. The van der Waals surface area contributed by atoms with E-state index in [1.54, 1.807) is 36.4 Å². The molecule has 0 unspecified atom stereocenters. The molecule has 1 N–H and O–H groups in total. The van der Waals surface area contributed by atoms with Crippen LogP contribution in [0.25, 0.3) is 0 Å². The quantitative estimate of drug-likeness (QED) is 0.436. The molecular weight excluding hydrogens is 452 g/mol. The zero-order valence-corrected chi connectivity index (χ0v) is 21.3. The minimum Gasteiger partial charge on any atom is -0.348 e. The molecule has 7 heteroatoms. The molecule has 0 bridgehead atoms. The van der Waals surface area contributed by atoms with E-state index in [2.05, 4.69) is 11.4 Å². The molecule has 0 spiro atoms. The van der Waals surface area contributed by atoms with Crippen LogP contribution in [0.2, 0.25) is 0 Å². The number of thioether (sulfide) groups is 1. The van der Waals surface area contributed by atoms with Gasteiger partial charge in [-0.3, -0.25) is 9.10 Å². The fourth-order valence-corrected chi connectivity index (χ4v) is 5.54. The first-order valence-electron chi connectivity index (χ1n) is 10.7. The van der Waals surface area contributed by atoms with Crippen molar-refractivity contribution in [2.24, 2.45) is 0 Å². The van der Waals surface area contributed by atoms with Crippen LogP contribution in [0.5, 0.6) is 0 Å². The molecule has 0 fully saturated rings. The third kappa shape index (κ3) is 5.97. The molecule has 0 saturated heterocycles. The highest BCUT2D eigenvalue weighted by Crippen LogP contribution is 2.26. The highest BCUT2D eigenvalue weighted by molar-refractivity contribution is 7.98. The SMILES string of the molecule is CSc1ccc(S(=O)(=O)N(CC(=O)N[C@H](C)c2ccc(C)cc2C)c2ccc(C)cc2)cc1. The molecule has 0 heterocycles. The van der Waals surface area contributed by atoms with Gasteiger partial charge in [-0.25, -0.2) is 8.42 Å². The number of benzene rings is 3. The third-order valence-electron chi connectivity index (χ3n) is 5.53. The van der Waals surface area contributed by atoms with E-state index in [-0.39, 0.29) is 23.4 Å². The molecule has 33 heavy (non-hydrogen) atoms. The van der Waals surface area contributed by atoms with E-state index < -0.39 is 10.0 Å². The summed E-state index contributed by atoms with van der Waals surface area (Å²) in [6.45, 7) is 7.55. The van der Waals surface area contributed by atoms with Crippen LogP contribution in [0.1, 0.15) is 35.2 Å². The van der Waals surface area contributed by atoms with Crippen molar-refractivity contribution in [1.82, 2.24) is 5.32 Å². The van der Waals surface area contributed by atoms with Gasteiger partial charge in [-0.1, -0.05) is 41.5 Å². The predicted molar refractivity (Wildman–Crippen MR) is 136 cm³/mol. The number of nitrogens with zero attached hydrogens (tertiary/aromatic N) is 1. The Hall–Kier alpha value is -2.77. The summed E-state index contributed by atoms with van der Waals surface area (Å²) in [7, 11) is -3.94. The standard InChI is InChI=1S/C26H30N2O3S2/c1-18-6-9-22(10-7-18)28(33(30,31)24-13-11-23(32-5)12-14-24)17-26(29)27-21(4)25-15-8-19(2)16-20(25)3/h6-16,21H,17H2,1-5H3,(H,27,29)/t21-/m1/s1. The predicted octanol–water partition coefficient (Wildman–Crippen LogP) is 5.41. The Morgan fingerprint density at radius 3 is 2.12 bits per heavy atom. The average molecular weight is 483 g/mol. The Labute approximate surface area is 201 Å². The van der Waals surface area contributed by atoms with E-state index in [9.17, 15) is 13.2 Å². The maximum atomic E-state index is 13.5. The summed E-state index contributed by atoms with van der Waals surface area (Å²) in [5.41, 5.74) is 4.70. The van der Waals surface area contributed by atoms with Gasteiger partial charge in [0.05, 0.1) is 16.6 Å². The number of hydrogen-bond donors (Lipinski definition) is 1. The van der Waals surface area contributed by atoms with Crippen molar-refractivity contribution >= 4 is 33.4 Å². The summed E-state index contributed by atoms with van der Waals surface area (Å²) >= 11 is 1.54. The number of nitrogens with one attached hydrogen (secondary N) is 1. The molecule has 1 amide bonds. The van der Waals surface area contributed by atoms with Crippen LogP contribution in [0.3, 0.4) is 0 Å². The number of anilines is 1. The Bertz CT molecular complexity index is 1220. The zero-order valence-electron chi connectivity index (χ0n) is 19.6. The van der Waals surface area contributed by atoms with Crippen molar-refractivity contribution in [1.29, 1.82) is 0 Å². The van der Waals surface area contributed by atoms with Gasteiger partial charge in [0.25, 0.3) is 10.0 Å². The number of amides is 1. The summed E-state index contributed by atoms with van der Waals surface area (Å²) in [6, 6.07) is 19.7. The number of hydrogen-bond acceptors (Lipinski definition) is 4. The van der Waals surface area contributed by atoms with Crippen molar-refractivity contribution in [3.8, 4) is 0 Å². The molecule has 1 atom stereocenters. The number of rotatable bonds is 8. The van der Waals surface area contributed by atoms with Crippen molar-refractivity contribution in [3.63, 3.8) is 0 Å². The first-order valence-corrected chi connectivity index (χ1v) is 13.4. The Morgan fingerprint density at radius 1 is 0.939 bits per heavy atom. The number of aryl methyl sites for hydroxylation is 3. The molecule has 0 aliphatic heterocycles. The normalized spacial score (nSPS) is 12.3. The van der Waals surface area contributed by atoms with Crippen molar-refractivity contribution < 1.29 is 13.2 Å². The summed E-state index contributed by atoms with van der Waals surface area (Å²) in [6.07, 6.45) is 1.93. The first-order chi connectivity index (χ1) is 15.6. The topological polar surface area (TPSA) is 66.5 Å². The van der Waals surface area contributed by atoms with Gasteiger partial charge in [0.1, 0.15) is 6.54 Å². The van der Waals surface area contributed by atoms with E-state index in [4.69, 9.17) is 0 Å². The van der Waals surface area contributed by atoms with E-state index in [0.717, 1.165) is 27.1 Å². The van der Waals surface area contributed by atoms with Gasteiger partial charge in [0, 0.05) is 4.90 Å². The first kappa shape index (κ1) is 24.9. The van der Waals surface area contributed by atoms with E-state index in [1.165, 1.54) is 16.1 Å². The molecule has 3 aromatic carbocycles. The molecule has 3 rings (SSSR count). The fourth-order valence-electron chi connectivity index (χ4n) is 3.71. The second-order valence-corrected chi connectivity index (χ2v) is 10.9. The van der Waals surface area contributed by atoms with Gasteiger partial charge < -0.3 is 5.32 Å². The van der Waals surface area contributed by atoms with Gasteiger partial charge in [-0.05, 0) is 81.5 Å². The molecule has 3 aromatic rings. The maximum Gasteiger partial charge on any atom is 0.264 e. The lowest BCUT2D eigenvalue weighted by Crippen LogP contribution is -2.41. The van der Waals surface area contributed by atoms with Gasteiger partial charge >= 0.3 is 0 Å². The maximum absolute atomic E-state index is 13.5. The summed E-state index contributed by atoms with van der Waals surface area (Å²) in [5, 5.41) is 2.96. The Kier molecular flexibility index (Phi) is 7.87. The van der Waals surface area contributed by atoms with Crippen molar-refractivity contribution in [2.45, 2.75) is 43.5 Å². The van der Waals surface area contributed by atoms with Crippen LogP contribution in [0.15, 0.2) is 76.5 Å². The van der Waals surface area contributed by atoms with Gasteiger partial charge in [0.15, 0.2) is 0 Å². The van der Waals surface area contributed by atoms with Crippen LogP contribution in [0, 0.1) is 20.8 Å². The lowest BCUT2D eigenvalue weighted by atomic mass is 10.0. The molecule has 0 aliphatic carbocycles. The molecule has 174 valence electrons. The second kappa shape index (κ2) is 10.4. The van der Waals surface area contributed by atoms with Crippen LogP contribution < -0.4 is 9.62 Å². The third-order valence-corrected chi connectivity index (χ3v) is 8.06. The number of sulfonamides is 1. The van der Waals surface area contributed by atoms with Gasteiger partial charge in [-0.2, -0.15) is 0 Å². The summed E-state index contributed by atoms with van der Waals surface area (Å²) in [4.78, 5) is 14.1. The van der Waals surface area contributed by atoms with Crippen LogP contribution in [0.4, 0.5) is 5.69 Å². The highest BCUT2D eigenvalue weighted by atomic mass is 32.2. The smallest absolute Gasteiger partial charge is 0.264 e. The highest BCUT2D eigenvalue weighted by Gasteiger charge is 2.28. The molecule has 0 aliphatic rings. The molecule has 0 aromatic heterocycles. The lowest BCUT2D eigenvalue weighted by Gasteiger charge is -2.25. The lowest BCUT2D eigenvalue weighted by molar-refractivity contribution is -0.120. The van der Waals surface area contributed by atoms with Crippen LogP contribution >= 0.6 is 11.8 Å². The Morgan fingerprint density at radius 2 is 1.55 bits per heavy atom. The minimum atomic E-state index is -3.94. The molecule has 5 nitrogen and oxygen atoms in total. The van der Waals surface area contributed by atoms with Crippen LogP contribution in [-0.4, -0.2) is 27.1 Å². The van der Waals surface area contributed by atoms with E-state index in [0.29, 0.717) is 5.69 Å². The number of carbonyl (C=O) groups excluding carboxylic acids is 1. The van der Waals surface area contributed by atoms with Crippen molar-refractivity contribution in [2.75, 3.05) is 17.1 Å². The van der Waals surface area contributed by atoms with Gasteiger partial charge in [0.2, 0.25) is 5.91 Å². The molecular formula is C26H30N2O3S2. The molecule has 0 radical (unpaired) electrons. The van der Waals surface area contributed by atoms with E-state index >= 15 is 0 Å². The minimum absolute atomic E-state index is 0.149. The number of carbonyl (C=O) groups is 1. The van der Waals surface area contributed by atoms with Crippen LogP contribution in [-0.2, 0) is 14.8 Å². The zero-order chi connectivity index (χ0) is 24.2. The summed E-state index contributed by atoms with van der Waals surface area (Å²) < 4.78 is 28.2. The van der Waals surface area contributed by atoms with E-state index in [1.807, 2.05) is 58.2 Å². The molecule has 0 saturated carbocycles. The second-order valence-electron chi connectivity index (χ2n) is 8.17. The van der Waals surface area contributed by atoms with Gasteiger partial charge in [-0.15, -0.1) is 11.8 Å². The largest absolute Gasteiger partial charge is 0.348 e. The average Bonchev–Trinajstić information content (AvgIpc) is 2.78.